The molecule has 0 radical (unpaired) electrons. The van der Waals surface area contributed by atoms with Gasteiger partial charge in [0.2, 0.25) is 0 Å². The average molecular weight is 168 g/mol. The van der Waals surface area contributed by atoms with Gasteiger partial charge in [-0.25, -0.2) is 0 Å². The summed E-state index contributed by atoms with van der Waals surface area (Å²) in [5.41, 5.74) is 1.14. The molecule has 3 heteroatoms. The highest BCUT2D eigenvalue weighted by Gasteiger charge is 1.98. The summed E-state index contributed by atoms with van der Waals surface area (Å²) in [5, 5.41) is 4.15. The van der Waals surface area contributed by atoms with Crippen LogP contribution in [0.1, 0.15) is 26.3 Å². The Kier molecular flexibility index (Phi) is 3.29. The highest BCUT2D eigenvalue weighted by molar-refractivity contribution is 5.01. The Labute approximate surface area is 73.3 Å². The predicted octanol–water partition coefficient (Wildman–Crippen LogP) is 1.83. The van der Waals surface area contributed by atoms with Crippen molar-refractivity contribution in [2.75, 3.05) is 0 Å². The Hall–Kier alpha value is -0.830. The van der Waals surface area contributed by atoms with Gasteiger partial charge in [0.05, 0.1) is 18.9 Å². The second kappa shape index (κ2) is 4.26. The van der Waals surface area contributed by atoms with E-state index in [0.29, 0.717) is 6.61 Å². The predicted molar refractivity (Wildman–Crippen MR) is 47.8 cm³/mol. The largest absolute Gasteiger partial charge is 0.374 e. The van der Waals surface area contributed by atoms with E-state index in [2.05, 4.69) is 12.0 Å². The van der Waals surface area contributed by atoms with Crippen LogP contribution in [-0.2, 0) is 17.9 Å². The molecule has 0 saturated heterocycles. The average Bonchev–Trinajstić information content (AvgIpc) is 2.48. The Morgan fingerprint density at radius 3 is 2.83 bits per heavy atom. The summed E-state index contributed by atoms with van der Waals surface area (Å²) in [5.74, 6) is 0. The summed E-state index contributed by atoms with van der Waals surface area (Å²) >= 11 is 0. The first-order valence-electron chi connectivity index (χ1n) is 4.35. The molecule has 68 valence electrons. The molecule has 1 heterocycles. The van der Waals surface area contributed by atoms with Crippen molar-refractivity contribution in [1.29, 1.82) is 0 Å². The van der Waals surface area contributed by atoms with Crippen LogP contribution in [0.25, 0.3) is 0 Å². The first kappa shape index (κ1) is 9.26. The quantitative estimate of drug-likeness (QED) is 0.685. The van der Waals surface area contributed by atoms with Gasteiger partial charge in [0.15, 0.2) is 0 Å². The van der Waals surface area contributed by atoms with Crippen molar-refractivity contribution in [3.63, 3.8) is 0 Å². The standard InChI is InChI=1S/C9H16N2O/c1-4-11-6-9(5-10-11)7-12-8(2)3/h5-6,8H,4,7H2,1-3H3. The number of ether oxygens (including phenoxy) is 1. The fourth-order valence-electron chi connectivity index (χ4n) is 0.917. The van der Waals surface area contributed by atoms with Crippen molar-refractivity contribution in [2.45, 2.75) is 40.0 Å². The highest BCUT2D eigenvalue weighted by atomic mass is 16.5. The van der Waals surface area contributed by atoms with Crippen LogP contribution >= 0.6 is 0 Å². The van der Waals surface area contributed by atoms with Gasteiger partial charge < -0.3 is 4.74 Å². The van der Waals surface area contributed by atoms with Gasteiger partial charge in [0.1, 0.15) is 0 Å². The molecular formula is C9H16N2O. The second-order valence-electron chi connectivity index (χ2n) is 3.06. The molecule has 0 aromatic carbocycles. The minimum Gasteiger partial charge on any atom is -0.374 e. The molecule has 3 nitrogen and oxygen atoms in total. The third-order valence-corrected chi connectivity index (χ3v) is 1.59. The van der Waals surface area contributed by atoms with E-state index in [1.165, 1.54) is 0 Å². The van der Waals surface area contributed by atoms with Crippen molar-refractivity contribution in [3.8, 4) is 0 Å². The van der Waals surface area contributed by atoms with E-state index in [-0.39, 0.29) is 6.10 Å². The molecule has 0 bridgehead atoms. The number of nitrogens with zero attached hydrogens (tertiary/aromatic N) is 2. The lowest BCUT2D eigenvalue weighted by molar-refractivity contribution is 0.0656. The summed E-state index contributed by atoms with van der Waals surface area (Å²) in [6, 6.07) is 0. The molecule has 0 saturated carbocycles. The highest BCUT2D eigenvalue weighted by Crippen LogP contribution is 2.01. The van der Waals surface area contributed by atoms with Crippen LogP contribution in [0, 0.1) is 0 Å². The molecule has 1 aromatic rings. The minimum atomic E-state index is 0.287. The van der Waals surface area contributed by atoms with Crippen molar-refractivity contribution >= 4 is 0 Å². The smallest absolute Gasteiger partial charge is 0.0751 e. The maximum atomic E-state index is 5.43. The van der Waals surface area contributed by atoms with Crippen molar-refractivity contribution in [2.24, 2.45) is 0 Å². The van der Waals surface area contributed by atoms with Crippen molar-refractivity contribution < 1.29 is 4.74 Å². The Morgan fingerprint density at radius 2 is 2.33 bits per heavy atom. The lowest BCUT2D eigenvalue weighted by Crippen LogP contribution is -2.01. The Balaban J connectivity index is 2.41. The van der Waals surface area contributed by atoms with Gasteiger partial charge in [-0.1, -0.05) is 0 Å². The molecule has 1 rings (SSSR count). The number of hydrogen-bond acceptors (Lipinski definition) is 2. The van der Waals surface area contributed by atoms with Gasteiger partial charge in [-0.3, -0.25) is 4.68 Å². The molecule has 0 spiro atoms. The van der Waals surface area contributed by atoms with Crippen LogP contribution in [0.5, 0.6) is 0 Å². The van der Waals surface area contributed by atoms with E-state index >= 15 is 0 Å². The van der Waals surface area contributed by atoms with Gasteiger partial charge in [-0.05, 0) is 20.8 Å². The normalized spacial score (nSPS) is 11.0. The fraction of sp³-hybridized carbons (Fsp3) is 0.667. The van der Waals surface area contributed by atoms with Gasteiger partial charge in [0.25, 0.3) is 0 Å². The van der Waals surface area contributed by atoms with E-state index in [9.17, 15) is 0 Å². The van der Waals surface area contributed by atoms with Crippen LogP contribution in [0.4, 0.5) is 0 Å². The lowest BCUT2D eigenvalue weighted by atomic mass is 10.4. The maximum Gasteiger partial charge on any atom is 0.0751 e. The molecule has 0 fully saturated rings. The van der Waals surface area contributed by atoms with E-state index in [1.54, 1.807) is 0 Å². The second-order valence-corrected chi connectivity index (χ2v) is 3.06. The third-order valence-electron chi connectivity index (χ3n) is 1.59. The number of aromatic nitrogens is 2. The number of hydrogen-bond donors (Lipinski definition) is 0. The molecule has 0 N–H and O–H groups in total. The van der Waals surface area contributed by atoms with Crippen LogP contribution in [0.2, 0.25) is 0 Å². The minimum absolute atomic E-state index is 0.287. The molecule has 0 amide bonds. The first-order chi connectivity index (χ1) is 5.72. The van der Waals surface area contributed by atoms with Crippen LogP contribution in [0.3, 0.4) is 0 Å². The molecule has 1 aromatic heterocycles. The van der Waals surface area contributed by atoms with Crippen molar-refractivity contribution in [1.82, 2.24) is 9.78 Å². The van der Waals surface area contributed by atoms with Crippen LogP contribution in [-0.4, -0.2) is 15.9 Å². The summed E-state index contributed by atoms with van der Waals surface area (Å²) in [6.45, 7) is 7.72. The number of rotatable bonds is 4. The fourth-order valence-corrected chi connectivity index (χ4v) is 0.917. The van der Waals surface area contributed by atoms with E-state index in [4.69, 9.17) is 4.74 Å². The van der Waals surface area contributed by atoms with Gasteiger partial charge in [0, 0.05) is 18.3 Å². The zero-order valence-electron chi connectivity index (χ0n) is 7.95. The van der Waals surface area contributed by atoms with E-state index in [1.807, 2.05) is 30.9 Å². The number of aryl methyl sites for hydroxylation is 1. The molecule has 12 heavy (non-hydrogen) atoms. The SMILES string of the molecule is CCn1cc(COC(C)C)cn1. The lowest BCUT2D eigenvalue weighted by Gasteiger charge is -2.04. The summed E-state index contributed by atoms with van der Waals surface area (Å²) < 4.78 is 7.33. The van der Waals surface area contributed by atoms with Gasteiger partial charge >= 0.3 is 0 Å². The zero-order valence-corrected chi connectivity index (χ0v) is 7.95. The molecule has 0 aliphatic heterocycles. The molecule has 0 aliphatic carbocycles. The van der Waals surface area contributed by atoms with E-state index in [0.717, 1.165) is 12.1 Å². The molecule has 0 aliphatic rings. The van der Waals surface area contributed by atoms with Gasteiger partial charge in [-0.15, -0.1) is 0 Å². The topological polar surface area (TPSA) is 27.1 Å². The molecular weight excluding hydrogens is 152 g/mol. The first-order valence-corrected chi connectivity index (χ1v) is 4.35. The summed E-state index contributed by atoms with van der Waals surface area (Å²) in [6.07, 6.45) is 4.16. The molecule has 0 atom stereocenters. The zero-order chi connectivity index (χ0) is 8.97. The van der Waals surface area contributed by atoms with E-state index < -0.39 is 0 Å². The van der Waals surface area contributed by atoms with Crippen molar-refractivity contribution in [3.05, 3.63) is 18.0 Å². The van der Waals surface area contributed by atoms with Gasteiger partial charge in [-0.2, -0.15) is 5.10 Å². The summed E-state index contributed by atoms with van der Waals surface area (Å²) in [4.78, 5) is 0. The monoisotopic (exact) mass is 168 g/mol. The Morgan fingerprint density at radius 1 is 1.58 bits per heavy atom. The maximum absolute atomic E-state index is 5.43. The molecule has 0 unspecified atom stereocenters. The summed E-state index contributed by atoms with van der Waals surface area (Å²) in [7, 11) is 0. The van der Waals surface area contributed by atoms with Crippen LogP contribution in [0.15, 0.2) is 12.4 Å². The van der Waals surface area contributed by atoms with Crippen LogP contribution < -0.4 is 0 Å². The Bertz CT molecular complexity index is 230. The third kappa shape index (κ3) is 2.66.